The summed E-state index contributed by atoms with van der Waals surface area (Å²) in [6.45, 7) is 1.89. The zero-order valence-electron chi connectivity index (χ0n) is 10.9. The van der Waals surface area contributed by atoms with Crippen molar-refractivity contribution >= 4 is 16.7 Å². The second-order valence-corrected chi connectivity index (χ2v) is 4.73. The summed E-state index contributed by atoms with van der Waals surface area (Å²) in [6, 6.07) is 12.0. The highest BCUT2D eigenvalue weighted by Gasteiger charge is 2.10. The SMILES string of the molecule is CC(Nc1ccc2[nH]c(=O)[nH]c2c1)c1ccccc1F. The number of halogens is 1. The molecule has 5 heteroatoms. The van der Waals surface area contributed by atoms with E-state index in [-0.39, 0.29) is 17.5 Å². The lowest BCUT2D eigenvalue weighted by molar-refractivity contribution is 0.600. The van der Waals surface area contributed by atoms with E-state index in [0.29, 0.717) is 5.56 Å². The first-order valence-electron chi connectivity index (χ1n) is 6.36. The van der Waals surface area contributed by atoms with Gasteiger partial charge < -0.3 is 15.3 Å². The highest BCUT2D eigenvalue weighted by Crippen LogP contribution is 2.23. The number of aromatic amines is 2. The van der Waals surface area contributed by atoms with Gasteiger partial charge in [0.25, 0.3) is 0 Å². The molecule has 3 N–H and O–H groups in total. The molecule has 0 saturated heterocycles. The van der Waals surface area contributed by atoms with Gasteiger partial charge in [-0.05, 0) is 31.2 Å². The van der Waals surface area contributed by atoms with Crippen LogP contribution >= 0.6 is 0 Å². The van der Waals surface area contributed by atoms with Gasteiger partial charge in [0.15, 0.2) is 0 Å². The predicted octanol–water partition coefficient (Wildman–Crippen LogP) is 3.17. The zero-order chi connectivity index (χ0) is 14.1. The van der Waals surface area contributed by atoms with Gasteiger partial charge in [0.05, 0.1) is 17.1 Å². The fourth-order valence-corrected chi connectivity index (χ4v) is 2.28. The molecule has 0 radical (unpaired) electrons. The van der Waals surface area contributed by atoms with Crippen LogP contribution in [0.5, 0.6) is 0 Å². The van der Waals surface area contributed by atoms with E-state index in [4.69, 9.17) is 0 Å². The van der Waals surface area contributed by atoms with E-state index in [1.807, 2.05) is 31.2 Å². The van der Waals surface area contributed by atoms with Crippen LogP contribution in [0.25, 0.3) is 11.0 Å². The van der Waals surface area contributed by atoms with Gasteiger partial charge in [-0.2, -0.15) is 0 Å². The molecular formula is C15H14FN3O. The van der Waals surface area contributed by atoms with Gasteiger partial charge in [-0.15, -0.1) is 0 Å². The Morgan fingerprint density at radius 2 is 1.85 bits per heavy atom. The molecule has 0 bridgehead atoms. The summed E-state index contributed by atoms with van der Waals surface area (Å²) in [5, 5.41) is 3.22. The molecule has 0 saturated carbocycles. The third-order valence-electron chi connectivity index (χ3n) is 3.27. The molecule has 4 nitrogen and oxygen atoms in total. The van der Waals surface area contributed by atoms with Crippen molar-refractivity contribution in [1.82, 2.24) is 9.97 Å². The number of imidazole rings is 1. The molecule has 0 fully saturated rings. The van der Waals surface area contributed by atoms with E-state index in [9.17, 15) is 9.18 Å². The molecule has 0 aliphatic carbocycles. The number of H-pyrrole nitrogens is 2. The summed E-state index contributed by atoms with van der Waals surface area (Å²) in [7, 11) is 0. The molecule has 0 aliphatic rings. The Kier molecular flexibility index (Phi) is 3.02. The summed E-state index contributed by atoms with van der Waals surface area (Å²) in [5.74, 6) is -0.233. The topological polar surface area (TPSA) is 60.7 Å². The van der Waals surface area contributed by atoms with Crippen molar-refractivity contribution in [3.05, 3.63) is 64.3 Å². The third kappa shape index (κ3) is 2.30. The van der Waals surface area contributed by atoms with Crippen molar-refractivity contribution in [2.75, 3.05) is 5.32 Å². The van der Waals surface area contributed by atoms with Crippen molar-refractivity contribution in [2.45, 2.75) is 13.0 Å². The minimum absolute atomic E-state index is 0.167. The van der Waals surface area contributed by atoms with Gasteiger partial charge in [0.1, 0.15) is 5.82 Å². The fourth-order valence-electron chi connectivity index (χ4n) is 2.28. The van der Waals surface area contributed by atoms with Crippen molar-refractivity contribution in [3.8, 4) is 0 Å². The molecule has 1 atom stereocenters. The number of benzene rings is 2. The van der Waals surface area contributed by atoms with Gasteiger partial charge in [-0.25, -0.2) is 9.18 Å². The quantitative estimate of drug-likeness (QED) is 0.685. The van der Waals surface area contributed by atoms with Crippen molar-refractivity contribution < 1.29 is 4.39 Å². The Morgan fingerprint density at radius 3 is 2.65 bits per heavy atom. The second kappa shape index (κ2) is 4.85. The third-order valence-corrected chi connectivity index (χ3v) is 3.27. The molecule has 0 amide bonds. The molecule has 20 heavy (non-hydrogen) atoms. The van der Waals surface area contributed by atoms with Crippen LogP contribution in [0.3, 0.4) is 0 Å². The molecule has 3 aromatic rings. The summed E-state index contributed by atoms with van der Waals surface area (Å²) >= 11 is 0. The first-order chi connectivity index (χ1) is 9.63. The number of hydrogen-bond donors (Lipinski definition) is 3. The summed E-state index contributed by atoms with van der Waals surface area (Å²) in [4.78, 5) is 16.6. The molecule has 102 valence electrons. The van der Waals surface area contributed by atoms with Crippen LogP contribution in [0.4, 0.5) is 10.1 Å². The number of aromatic nitrogens is 2. The van der Waals surface area contributed by atoms with Crippen LogP contribution in [0.2, 0.25) is 0 Å². The lowest BCUT2D eigenvalue weighted by atomic mass is 10.1. The Balaban J connectivity index is 1.89. The molecule has 2 aromatic carbocycles. The van der Waals surface area contributed by atoms with E-state index in [0.717, 1.165) is 16.7 Å². The van der Waals surface area contributed by atoms with Crippen LogP contribution in [-0.4, -0.2) is 9.97 Å². The van der Waals surface area contributed by atoms with E-state index in [1.165, 1.54) is 6.07 Å². The first-order valence-corrected chi connectivity index (χ1v) is 6.36. The summed E-state index contributed by atoms with van der Waals surface area (Å²) in [6.07, 6.45) is 0. The highest BCUT2D eigenvalue weighted by molar-refractivity contribution is 5.78. The van der Waals surface area contributed by atoms with Gasteiger partial charge in [-0.3, -0.25) is 0 Å². The maximum absolute atomic E-state index is 13.7. The number of rotatable bonds is 3. The average Bonchev–Trinajstić information content (AvgIpc) is 2.78. The lowest BCUT2D eigenvalue weighted by Gasteiger charge is -2.16. The summed E-state index contributed by atoms with van der Waals surface area (Å²) < 4.78 is 13.7. The van der Waals surface area contributed by atoms with E-state index < -0.39 is 0 Å². The Hall–Kier alpha value is -2.56. The van der Waals surface area contributed by atoms with E-state index >= 15 is 0 Å². The standard InChI is InChI=1S/C15H14FN3O/c1-9(11-4-2-3-5-12(11)16)17-10-6-7-13-14(8-10)19-15(20)18-13/h2-9,17H,1H3,(H2,18,19,20). The normalized spacial score (nSPS) is 12.5. The van der Waals surface area contributed by atoms with Crippen molar-refractivity contribution in [3.63, 3.8) is 0 Å². The Morgan fingerprint density at radius 1 is 1.10 bits per heavy atom. The lowest BCUT2D eigenvalue weighted by Crippen LogP contribution is -2.08. The fraction of sp³-hybridized carbons (Fsp3) is 0.133. The van der Waals surface area contributed by atoms with E-state index in [2.05, 4.69) is 15.3 Å². The first kappa shape index (κ1) is 12.5. The minimum Gasteiger partial charge on any atom is -0.378 e. The minimum atomic E-state index is -0.237. The van der Waals surface area contributed by atoms with Gasteiger partial charge in [-0.1, -0.05) is 18.2 Å². The van der Waals surface area contributed by atoms with Crippen LogP contribution < -0.4 is 11.0 Å². The number of hydrogen-bond acceptors (Lipinski definition) is 2. The van der Waals surface area contributed by atoms with Gasteiger partial charge in [0, 0.05) is 11.3 Å². The highest BCUT2D eigenvalue weighted by atomic mass is 19.1. The molecule has 1 heterocycles. The van der Waals surface area contributed by atoms with Crippen LogP contribution in [0.1, 0.15) is 18.5 Å². The monoisotopic (exact) mass is 271 g/mol. The predicted molar refractivity (Wildman–Crippen MR) is 77.4 cm³/mol. The maximum atomic E-state index is 13.7. The van der Waals surface area contributed by atoms with Gasteiger partial charge >= 0.3 is 5.69 Å². The molecule has 0 aliphatic heterocycles. The molecular weight excluding hydrogens is 257 g/mol. The largest absolute Gasteiger partial charge is 0.378 e. The molecule has 1 unspecified atom stereocenters. The Labute approximate surface area is 114 Å². The maximum Gasteiger partial charge on any atom is 0.323 e. The van der Waals surface area contributed by atoms with E-state index in [1.54, 1.807) is 12.1 Å². The number of fused-ring (bicyclic) bond motifs is 1. The number of nitrogens with one attached hydrogen (secondary N) is 3. The van der Waals surface area contributed by atoms with Crippen LogP contribution in [-0.2, 0) is 0 Å². The molecule has 3 rings (SSSR count). The van der Waals surface area contributed by atoms with Gasteiger partial charge in [0.2, 0.25) is 0 Å². The zero-order valence-corrected chi connectivity index (χ0v) is 10.9. The van der Waals surface area contributed by atoms with Crippen molar-refractivity contribution in [1.29, 1.82) is 0 Å². The molecule has 0 spiro atoms. The summed E-state index contributed by atoms with van der Waals surface area (Å²) in [5.41, 5.74) is 2.66. The molecule has 1 aromatic heterocycles. The smallest absolute Gasteiger partial charge is 0.323 e. The average molecular weight is 271 g/mol. The van der Waals surface area contributed by atoms with Crippen LogP contribution in [0, 0.1) is 5.82 Å². The van der Waals surface area contributed by atoms with Crippen LogP contribution in [0.15, 0.2) is 47.3 Å². The van der Waals surface area contributed by atoms with Crippen molar-refractivity contribution in [2.24, 2.45) is 0 Å². The Bertz CT molecular complexity index is 806. The number of anilines is 1. The second-order valence-electron chi connectivity index (χ2n) is 4.73.